The number of carbonyl (C=O) groups excluding carboxylic acids is 1. The molecule has 4 nitrogen and oxygen atoms in total. The lowest BCUT2D eigenvalue weighted by atomic mass is 9.94. The lowest BCUT2D eigenvalue weighted by Crippen LogP contribution is -2.42. The first-order chi connectivity index (χ1) is 7.96. The van der Waals surface area contributed by atoms with Crippen LogP contribution in [0, 0.1) is 16.7 Å². The molecule has 1 aliphatic rings. The van der Waals surface area contributed by atoms with E-state index in [0.717, 1.165) is 32.6 Å². The monoisotopic (exact) mass is 237 g/mol. The average Bonchev–Trinajstić information content (AvgIpc) is 2.79. The van der Waals surface area contributed by atoms with Gasteiger partial charge >= 0.3 is 0 Å². The molecule has 0 aromatic heterocycles. The van der Waals surface area contributed by atoms with E-state index in [2.05, 4.69) is 24.8 Å². The van der Waals surface area contributed by atoms with Gasteiger partial charge in [-0.25, -0.2) is 0 Å². The second kappa shape index (κ2) is 5.50. The SMILES string of the molecule is CCN(CC)C1CCN(C(=O)C(C)(C)C#N)C1. The molecule has 1 unspecified atom stereocenters. The Balaban J connectivity index is 2.62. The summed E-state index contributed by atoms with van der Waals surface area (Å²) in [4.78, 5) is 16.3. The molecular weight excluding hydrogens is 214 g/mol. The third-order valence-corrected chi connectivity index (χ3v) is 3.59. The molecule has 0 N–H and O–H groups in total. The molecule has 0 bridgehead atoms. The van der Waals surface area contributed by atoms with E-state index in [-0.39, 0.29) is 5.91 Å². The predicted molar refractivity (Wildman–Crippen MR) is 67.3 cm³/mol. The zero-order chi connectivity index (χ0) is 13.1. The van der Waals surface area contributed by atoms with Crippen LogP contribution in [0.1, 0.15) is 34.1 Å². The van der Waals surface area contributed by atoms with Crippen LogP contribution >= 0.6 is 0 Å². The lowest BCUT2D eigenvalue weighted by molar-refractivity contribution is -0.136. The second-order valence-corrected chi connectivity index (χ2v) is 5.15. The highest BCUT2D eigenvalue weighted by molar-refractivity contribution is 5.84. The van der Waals surface area contributed by atoms with E-state index < -0.39 is 5.41 Å². The first-order valence-electron chi connectivity index (χ1n) is 6.41. The normalized spacial score (nSPS) is 20.7. The van der Waals surface area contributed by atoms with E-state index in [9.17, 15) is 4.79 Å². The first-order valence-corrected chi connectivity index (χ1v) is 6.41. The third kappa shape index (κ3) is 2.98. The van der Waals surface area contributed by atoms with Crippen molar-refractivity contribution in [3.05, 3.63) is 0 Å². The highest BCUT2D eigenvalue weighted by Gasteiger charge is 2.36. The zero-order valence-electron chi connectivity index (χ0n) is 11.4. The molecule has 1 atom stereocenters. The summed E-state index contributed by atoms with van der Waals surface area (Å²) in [5.74, 6) is -0.0327. The van der Waals surface area contributed by atoms with Gasteiger partial charge in [0, 0.05) is 19.1 Å². The highest BCUT2D eigenvalue weighted by Crippen LogP contribution is 2.23. The van der Waals surface area contributed by atoms with Gasteiger partial charge in [-0.15, -0.1) is 0 Å². The molecule has 1 saturated heterocycles. The summed E-state index contributed by atoms with van der Waals surface area (Å²) in [6.07, 6.45) is 1.02. The van der Waals surface area contributed by atoms with Gasteiger partial charge in [0.15, 0.2) is 0 Å². The number of hydrogen-bond donors (Lipinski definition) is 0. The summed E-state index contributed by atoms with van der Waals surface area (Å²) < 4.78 is 0. The summed E-state index contributed by atoms with van der Waals surface area (Å²) >= 11 is 0. The van der Waals surface area contributed by atoms with Gasteiger partial charge in [-0.3, -0.25) is 9.69 Å². The van der Waals surface area contributed by atoms with Crippen LogP contribution in [0.2, 0.25) is 0 Å². The van der Waals surface area contributed by atoms with Gasteiger partial charge in [-0.2, -0.15) is 5.26 Å². The van der Waals surface area contributed by atoms with Crippen molar-refractivity contribution in [2.24, 2.45) is 5.41 Å². The number of amides is 1. The zero-order valence-corrected chi connectivity index (χ0v) is 11.4. The number of likely N-dealkylation sites (tertiary alicyclic amines) is 1. The van der Waals surface area contributed by atoms with Gasteiger partial charge in [0.1, 0.15) is 5.41 Å². The molecule has 1 rings (SSSR count). The maximum atomic E-state index is 12.1. The van der Waals surface area contributed by atoms with E-state index in [1.807, 2.05) is 4.90 Å². The molecule has 1 aliphatic heterocycles. The molecule has 1 fully saturated rings. The van der Waals surface area contributed by atoms with Crippen LogP contribution in [0.3, 0.4) is 0 Å². The molecule has 4 heteroatoms. The van der Waals surface area contributed by atoms with Gasteiger partial charge in [-0.05, 0) is 33.4 Å². The van der Waals surface area contributed by atoms with Crippen molar-refractivity contribution < 1.29 is 4.79 Å². The molecule has 0 aliphatic carbocycles. The van der Waals surface area contributed by atoms with E-state index in [1.165, 1.54) is 0 Å². The van der Waals surface area contributed by atoms with Crippen molar-refractivity contribution in [3.63, 3.8) is 0 Å². The molecule has 0 radical (unpaired) electrons. The van der Waals surface area contributed by atoms with Crippen molar-refractivity contribution in [3.8, 4) is 6.07 Å². The number of nitrogens with zero attached hydrogens (tertiary/aromatic N) is 3. The smallest absolute Gasteiger partial charge is 0.242 e. The Bertz CT molecular complexity index is 315. The molecule has 0 spiro atoms. The largest absolute Gasteiger partial charge is 0.340 e. The minimum Gasteiger partial charge on any atom is -0.340 e. The minimum atomic E-state index is -0.891. The number of nitriles is 1. The van der Waals surface area contributed by atoms with Gasteiger partial charge in [-0.1, -0.05) is 13.8 Å². The third-order valence-electron chi connectivity index (χ3n) is 3.59. The van der Waals surface area contributed by atoms with Crippen molar-refractivity contribution in [2.75, 3.05) is 26.2 Å². The summed E-state index contributed by atoms with van der Waals surface area (Å²) in [6, 6.07) is 2.55. The maximum absolute atomic E-state index is 12.1. The van der Waals surface area contributed by atoms with Gasteiger partial charge in [0.2, 0.25) is 5.91 Å². The van der Waals surface area contributed by atoms with Crippen LogP contribution in [0.15, 0.2) is 0 Å². The van der Waals surface area contributed by atoms with Crippen molar-refractivity contribution in [1.82, 2.24) is 9.80 Å². The highest BCUT2D eigenvalue weighted by atomic mass is 16.2. The van der Waals surface area contributed by atoms with Crippen LogP contribution in [-0.4, -0.2) is 47.9 Å². The van der Waals surface area contributed by atoms with Crippen LogP contribution < -0.4 is 0 Å². The Labute approximate surface area is 104 Å². The number of hydrogen-bond acceptors (Lipinski definition) is 3. The van der Waals surface area contributed by atoms with Crippen molar-refractivity contribution in [1.29, 1.82) is 5.26 Å². The van der Waals surface area contributed by atoms with E-state index in [0.29, 0.717) is 6.04 Å². The second-order valence-electron chi connectivity index (χ2n) is 5.15. The number of rotatable bonds is 4. The number of likely N-dealkylation sites (N-methyl/N-ethyl adjacent to an activating group) is 1. The van der Waals surface area contributed by atoms with E-state index in [4.69, 9.17) is 5.26 Å². The van der Waals surface area contributed by atoms with Crippen molar-refractivity contribution in [2.45, 2.75) is 40.2 Å². The fourth-order valence-electron chi connectivity index (χ4n) is 2.41. The van der Waals surface area contributed by atoms with E-state index in [1.54, 1.807) is 13.8 Å². The van der Waals surface area contributed by atoms with Gasteiger partial charge in [0.25, 0.3) is 0 Å². The Morgan fingerprint density at radius 2 is 2.06 bits per heavy atom. The minimum absolute atomic E-state index is 0.0327. The molecule has 17 heavy (non-hydrogen) atoms. The van der Waals surface area contributed by atoms with Crippen molar-refractivity contribution >= 4 is 5.91 Å². The fraction of sp³-hybridized carbons (Fsp3) is 0.846. The van der Waals surface area contributed by atoms with E-state index >= 15 is 0 Å². The van der Waals surface area contributed by atoms with Crippen LogP contribution in [0.5, 0.6) is 0 Å². The Morgan fingerprint density at radius 1 is 1.47 bits per heavy atom. The standard InChI is InChI=1S/C13H23N3O/c1-5-15(6-2)11-7-8-16(9-11)12(17)13(3,4)10-14/h11H,5-9H2,1-4H3. The summed E-state index contributed by atoms with van der Waals surface area (Å²) in [6.45, 7) is 11.3. The first kappa shape index (κ1) is 14.0. The summed E-state index contributed by atoms with van der Waals surface area (Å²) in [7, 11) is 0. The Kier molecular flexibility index (Phi) is 4.53. The average molecular weight is 237 g/mol. The quantitative estimate of drug-likeness (QED) is 0.744. The molecule has 0 saturated carbocycles. The molecule has 1 amide bonds. The van der Waals surface area contributed by atoms with Crippen LogP contribution in [0.25, 0.3) is 0 Å². The molecule has 96 valence electrons. The lowest BCUT2D eigenvalue weighted by Gasteiger charge is -2.27. The van der Waals surface area contributed by atoms with Crippen LogP contribution in [-0.2, 0) is 4.79 Å². The molecule has 0 aromatic rings. The fourth-order valence-corrected chi connectivity index (χ4v) is 2.41. The maximum Gasteiger partial charge on any atom is 0.242 e. The summed E-state index contributed by atoms with van der Waals surface area (Å²) in [5.41, 5.74) is -0.891. The van der Waals surface area contributed by atoms with Gasteiger partial charge < -0.3 is 4.90 Å². The molecule has 1 heterocycles. The summed E-state index contributed by atoms with van der Waals surface area (Å²) in [5, 5.41) is 8.98. The Morgan fingerprint density at radius 3 is 2.53 bits per heavy atom. The van der Waals surface area contributed by atoms with Gasteiger partial charge in [0.05, 0.1) is 6.07 Å². The topological polar surface area (TPSA) is 47.3 Å². The Hall–Kier alpha value is -1.08. The molecular formula is C13H23N3O. The van der Waals surface area contributed by atoms with Crippen LogP contribution in [0.4, 0.5) is 0 Å². The predicted octanol–water partition coefficient (Wildman–Crippen LogP) is 1.48. The number of carbonyl (C=O) groups is 1. The molecule has 0 aromatic carbocycles.